The molecule has 2 fully saturated rings. The molecule has 1 unspecified atom stereocenters. The first kappa shape index (κ1) is 10.4. The molecular weight excluding hydrogens is 174 g/mol. The summed E-state index contributed by atoms with van der Waals surface area (Å²) in [4.78, 5) is 0. The second kappa shape index (κ2) is 4.63. The molecule has 1 atom stereocenters. The van der Waals surface area contributed by atoms with Crippen LogP contribution in [0.4, 0.5) is 0 Å². The maximum atomic E-state index is 5.63. The van der Waals surface area contributed by atoms with Crippen LogP contribution in [0.5, 0.6) is 0 Å². The molecular formula is C12H23NO. The lowest BCUT2D eigenvalue weighted by Crippen LogP contribution is -2.20. The van der Waals surface area contributed by atoms with Gasteiger partial charge in [0.2, 0.25) is 0 Å². The largest absolute Gasteiger partial charge is 0.378 e. The van der Waals surface area contributed by atoms with Crippen LogP contribution in [0.15, 0.2) is 0 Å². The van der Waals surface area contributed by atoms with E-state index in [-0.39, 0.29) is 0 Å². The first-order valence-electron chi connectivity index (χ1n) is 6.11. The summed E-state index contributed by atoms with van der Waals surface area (Å²) >= 11 is 0. The number of ether oxygens (including phenoxy) is 1. The van der Waals surface area contributed by atoms with Gasteiger partial charge in [-0.15, -0.1) is 0 Å². The van der Waals surface area contributed by atoms with Gasteiger partial charge in [0.15, 0.2) is 0 Å². The SMILES string of the molecule is CNCC1(CCCC2CCCO2)CC1. The van der Waals surface area contributed by atoms with Crippen molar-refractivity contribution in [3.05, 3.63) is 0 Å². The molecule has 1 N–H and O–H groups in total. The molecule has 1 aliphatic carbocycles. The summed E-state index contributed by atoms with van der Waals surface area (Å²) in [5.74, 6) is 0. The highest BCUT2D eigenvalue weighted by Gasteiger charge is 2.40. The molecule has 1 saturated heterocycles. The van der Waals surface area contributed by atoms with E-state index >= 15 is 0 Å². The molecule has 2 rings (SSSR count). The van der Waals surface area contributed by atoms with Crippen LogP contribution in [0, 0.1) is 5.41 Å². The van der Waals surface area contributed by atoms with Gasteiger partial charge in [-0.3, -0.25) is 0 Å². The average Bonchev–Trinajstić information content (AvgIpc) is 2.75. The van der Waals surface area contributed by atoms with E-state index in [1.54, 1.807) is 0 Å². The van der Waals surface area contributed by atoms with E-state index in [1.807, 2.05) is 0 Å². The van der Waals surface area contributed by atoms with Gasteiger partial charge in [0.25, 0.3) is 0 Å². The molecule has 2 aliphatic rings. The quantitative estimate of drug-likeness (QED) is 0.705. The first-order chi connectivity index (χ1) is 6.85. The molecule has 0 amide bonds. The van der Waals surface area contributed by atoms with Crippen molar-refractivity contribution in [1.82, 2.24) is 5.32 Å². The van der Waals surface area contributed by atoms with Crippen LogP contribution in [0.3, 0.4) is 0 Å². The van der Waals surface area contributed by atoms with Gasteiger partial charge in [-0.25, -0.2) is 0 Å². The third-order valence-electron chi connectivity index (χ3n) is 3.77. The van der Waals surface area contributed by atoms with Crippen molar-refractivity contribution < 1.29 is 4.74 Å². The Morgan fingerprint density at radius 2 is 2.29 bits per heavy atom. The zero-order chi connectivity index (χ0) is 9.86. The molecule has 82 valence electrons. The molecule has 0 bridgehead atoms. The van der Waals surface area contributed by atoms with Gasteiger partial charge in [0.1, 0.15) is 0 Å². The minimum absolute atomic E-state index is 0.598. The monoisotopic (exact) mass is 197 g/mol. The molecule has 1 saturated carbocycles. The highest BCUT2D eigenvalue weighted by Crippen LogP contribution is 2.49. The van der Waals surface area contributed by atoms with Crippen molar-refractivity contribution in [2.24, 2.45) is 5.41 Å². The Morgan fingerprint density at radius 3 is 2.86 bits per heavy atom. The van der Waals surface area contributed by atoms with Gasteiger partial charge < -0.3 is 10.1 Å². The summed E-state index contributed by atoms with van der Waals surface area (Å²) in [6.07, 6.45) is 10.1. The molecule has 0 aromatic rings. The van der Waals surface area contributed by atoms with Crippen molar-refractivity contribution in [3.8, 4) is 0 Å². The maximum absolute atomic E-state index is 5.63. The number of hydrogen-bond acceptors (Lipinski definition) is 2. The standard InChI is InChI=1S/C12H23NO/c1-13-10-12(7-8-12)6-2-4-11-5-3-9-14-11/h11,13H,2-10H2,1H3. The topological polar surface area (TPSA) is 21.3 Å². The fourth-order valence-electron chi connectivity index (χ4n) is 2.64. The van der Waals surface area contributed by atoms with Crippen molar-refractivity contribution in [3.63, 3.8) is 0 Å². The van der Waals surface area contributed by atoms with Crippen molar-refractivity contribution >= 4 is 0 Å². The summed E-state index contributed by atoms with van der Waals surface area (Å²) in [6, 6.07) is 0. The van der Waals surface area contributed by atoms with E-state index < -0.39 is 0 Å². The fraction of sp³-hybridized carbons (Fsp3) is 1.00. The summed E-state index contributed by atoms with van der Waals surface area (Å²) in [5.41, 5.74) is 0.688. The highest BCUT2D eigenvalue weighted by atomic mass is 16.5. The van der Waals surface area contributed by atoms with E-state index in [1.165, 1.54) is 51.5 Å². The van der Waals surface area contributed by atoms with E-state index in [2.05, 4.69) is 12.4 Å². The normalized spacial score (nSPS) is 29.4. The van der Waals surface area contributed by atoms with Gasteiger partial charge in [0, 0.05) is 13.2 Å². The Hall–Kier alpha value is -0.0800. The smallest absolute Gasteiger partial charge is 0.0576 e. The van der Waals surface area contributed by atoms with E-state index in [0.29, 0.717) is 11.5 Å². The molecule has 2 heteroatoms. The van der Waals surface area contributed by atoms with Crippen LogP contribution in [0.2, 0.25) is 0 Å². The summed E-state index contributed by atoms with van der Waals surface area (Å²) in [7, 11) is 2.07. The third kappa shape index (κ3) is 2.71. The number of hydrogen-bond donors (Lipinski definition) is 1. The molecule has 0 radical (unpaired) electrons. The molecule has 0 spiro atoms. The van der Waals surface area contributed by atoms with Crippen molar-refractivity contribution in [2.75, 3.05) is 20.2 Å². The molecule has 1 heterocycles. The van der Waals surface area contributed by atoms with E-state index in [0.717, 1.165) is 6.61 Å². The van der Waals surface area contributed by atoms with Crippen molar-refractivity contribution in [1.29, 1.82) is 0 Å². The molecule has 14 heavy (non-hydrogen) atoms. The van der Waals surface area contributed by atoms with Crippen LogP contribution < -0.4 is 5.32 Å². The lowest BCUT2D eigenvalue weighted by molar-refractivity contribution is 0.100. The minimum atomic E-state index is 0.598. The van der Waals surface area contributed by atoms with Gasteiger partial charge in [-0.05, 0) is 51.0 Å². The molecule has 1 aliphatic heterocycles. The highest BCUT2D eigenvalue weighted by molar-refractivity contribution is 4.94. The minimum Gasteiger partial charge on any atom is -0.378 e. The second-order valence-electron chi connectivity index (χ2n) is 5.06. The Bertz CT molecular complexity index is 171. The third-order valence-corrected chi connectivity index (χ3v) is 3.77. The molecule has 0 aromatic heterocycles. The zero-order valence-electron chi connectivity index (χ0n) is 9.35. The second-order valence-corrected chi connectivity index (χ2v) is 5.06. The lowest BCUT2D eigenvalue weighted by Gasteiger charge is -2.15. The number of rotatable bonds is 6. The predicted octanol–water partition coefficient (Wildman–Crippen LogP) is 2.34. The van der Waals surface area contributed by atoms with Crippen LogP contribution in [0.25, 0.3) is 0 Å². The predicted molar refractivity (Wildman–Crippen MR) is 58.4 cm³/mol. The van der Waals surface area contributed by atoms with Crippen LogP contribution in [-0.2, 0) is 4.74 Å². The summed E-state index contributed by atoms with van der Waals surface area (Å²) in [6.45, 7) is 2.23. The van der Waals surface area contributed by atoms with Crippen LogP contribution in [0.1, 0.15) is 44.9 Å². The summed E-state index contributed by atoms with van der Waals surface area (Å²) < 4.78 is 5.63. The molecule has 2 nitrogen and oxygen atoms in total. The Labute approximate surface area is 87.4 Å². The van der Waals surface area contributed by atoms with Crippen LogP contribution >= 0.6 is 0 Å². The van der Waals surface area contributed by atoms with Gasteiger partial charge in [-0.1, -0.05) is 6.42 Å². The van der Waals surface area contributed by atoms with Gasteiger partial charge in [0.05, 0.1) is 6.10 Å². The lowest BCUT2D eigenvalue weighted by atomic mass is 9.97. The van der Waals surface area contributed by atoms with Crippen molar-refractivity contribution in [2.45, 2.75) is 51.0 Å². The Kier molecular flexibility index (Phi) is 3.45. The van der Waals surface area contributed by atoms with E-state index in [4.69, 9.17) is 4.74 Å². The number of nitrogens with one attached hydrogen (secondary N) is 1. The fourth-order valence-corrected chi connectivity index (χ4v) is 2.64. The zero-order valence-corrected chi connectivity index (χ0v) is 9.35. The Balaban J connectivity index is 1.58. The molecule has 0 aromatic carbocycles. The Morgan fingerprint density at radius 1 is 1.43 bits per heavy atom. The van der Waals surface area contributed by atoms with Crippen LogP contribution in [-0.4, -0.2) is 26.3 Å². The van der Waals surface area contributed by atoms with Gasteiger partial charge in [-0.2, -0.15) is 0 Å². The summed E-state index contributed by atoms with van der Waals surface area (Å²) in [5, 5.41) is 3.32. The first-order valence-corrected chi connectivity index (χ1v) is 6.11. The van der Waals surface area contributed by atoms with Gasteiger partial charge >= 0.3 is 0 Å². The maximum Gasteiger partial charge on any atom is 0.0576 e. The average molecular weight is 197 g/mol. The van der Waals surface area contributed by atoms with E-state index in [9.17, 15) is 0 Å².